The van der Waals surface area contributed by atoms with Gasteiger partial charge in [-0.3, -0.25) is 9.59 Å². The molecule has 0 saturated carbocycles. The molecule has 172 valence electrons. The van der Waals surface area contributed by atoms with Gasteiger partial charge in [-0.15, -0.1) is 0 Å². The summed E-state index contributed by atoms with van der Waals surface area (Å²) in [6.45, 7) is 3.11. The second kappa shape index (κ2) is 9.70. The summed E-state index contributed by atoms with van der Waals surface area (Å²) in [4.78, 5) is 28.0. The number of piperazine rings is 1. The molecule has 0 aliphatic carbocycles. The van der Waals surface area contributed by atoms with Gasteiger partial charge in [0.05, 0.1) is 26.0 Å². The number of carbonyl (C=O) groups excluding carboxylic acids is 2. The Morgan fingerprint density at radius 3 is 2.44 bits per heavy atom. The van der Waals surface area contributed by atoms with E-state index in [9.17, 15) is 18.0 Å². The Bertz CT molecular complexity index is 1070. The van der Waals surface area contributed by atoms with Crippen LogP contribution < -0.4 is 10.1 Å². The van der Waals surface area contributed by atoms with Crippen LogP contribution in [0.2, 0.25) is 0 Å². The van der Waals surface area contributed by atoms with Crippen molar-refractivity contribution in [2.75, 3.05) is 26.0 Å². The first-order valence-electron chi connectivity index (χ1n) is 10.4. The summed E-state index contributed by atoms with van der Waals surface area (Å²) < 4.78 is 31.6. The number of para-hydroxylation sites is 1. The third kappa shape index (κ3) is 4.94. The normalized spacial score (nSPS) is 19.6. The summed E-state index contributed by atoms with van der Waals surface area (Å²) in [7, 11) is -2.11. The fourth-order valence-electron chi connectivity index (χ4n) is 3.80. The average molecular weight is 460 g/mol. The zero-order chi connectivity index (χ0) is 23.4. The van der Waals surface area contributed by atoms with Crippen LogP contribution in [0.15, 0.2) is 54.6 Å². The standard InChI is InChI=1S/C23H29N3O5S/c1-4-32(29,30)25-16-21(27)26(15-19-12-8-9-13-20(19)31-3)23(2,17-25)22(28)24-14-18-10-6-5-7-11-18/h5-13H,4,14-17H2,1-3H3,(H,24,28). The molecule has 32 heavy (non-hydrogen) atoms. The van der Waals surface area contributed by atoms with Gasteiger partial charge in [-0.2, -0.15) is 4.31 Å². The summed E-state index contributed by atoms with van der Waals surface area (Å²) >= 11 is 0. The highest BCUT2D eigenvalue weighted by atomic mass is 32.2. The average Bonchev–Trinajstić information content (AvgIpc) is 2.80. The lowest BCUT2D eigenvalue weighted by atomic mass is 9.94. The lowest BCUT2D eigenvalue weighted by Crippen LogP contribution is -2.69. The van der Waals surface area contributed by atoms with E-state index >= 15 is 0 Å². The number of benzene rings is 2. The van der Waals surface area contributed by atoms with E-state index in [1.165, 1.54) is 18.9 Å². The van der Waals surface area contributed by atoms with Crippen LogP contribution in [-0.2, 0) is 32.7 Å². The summed E-state index contributed by atoms with van der Waals surface area (Å²) in [5.74, 6) is -0.401. The van der Waals surface area contributed by atoms with Gasteiger partial charge in [0.1, 0.15) is 11.3 Å². The quantitative estimate of drug-likeness (QED) is 0.649. The lowest BCUT2D eigenvalue weighted by Gasteiger charge is -2.46. The maximum absolute atomic E-state index is 13.4. The molecule has 1 saturated heterocycles. The maximum atomic E-state index is 13.4. The molecular formula is C23H29N3O5S. The van der Waals surface area contributed by atoms with Crippen molar-refractivity contribution in [3.8, 4) is 5.75 Å². The number of hydrogen-bond donors (Lipinski definition) is 1. The van der Waals surface area contributed by atoms with Gasteiger partial charge in [0.25, 0.3) is 0 Å². The molecule has 9 heteroatoms. The van der Waals surface area contributed by atoms with Crippen molar-refractivity contribution in [1.82, 2.24) is 14.5 Å². The van der Waals surface area contributed by atoms with E-state index in [1.807, 2.05) is 48.5 Å². The zero-order valence-corrected chi connectivity index (χ0v) is 19.4. The predicted molar refractivity (Wildman–Crippen MR) is 121 cm³/mol. The fourth-order valence-corrected chi connectivity index (χ4v) is 4.93. The lowest BCUT2D eigenvalue weighted by molar-refractivity contribution is -0.153. The largest absolute Gasteiger partial charge is 0.496 e. The molecule has 1 N–H and O–H groups in total. The van der Waals surface area contributed by atoms with Gasteiger partial charge in [-0.1, -0.05) is 48.5 Å². The van der Waals surface area contributed by atoms with Gasteiger partial charge < -0.3 is 15.0 Å². The van der Waals surface area contributed by atoms with Crippen molar-refractivity contribution in [2.24, 2.45) is 0 Å². The first-order chi connectivity index (χ1) is 15.2. The van der Waals surface area contributed by atoms with Gasteiger partial charge >= 0.3 is 0 Å². The van der Waals surface area contributed by atoms with Crippen LogP contribution in [0.1, 0.15) is 25.0 Å². The predicted octanol–water partition coefficient (Wildman–Crippen LogP) is 1.76. The zero-order valence-electron chi connectivity index (χ0n) is 18.6. The molecule has 1 heterocycles. The molecule has 0 radical (unpaired) electrons. The van der Waals surface area contributed by atoms with Crippen LogP contribution in [0.25, 0.3) is 0 Å². The first-order valence-corrected chi connectivity index (χ1v) is 12.0. The third-order valence-electron chi connectivity index (χ3n) is 5.76. The highest BCUT2D eigenvalue weighted by Gasteiger charge is 2.49. The Morgan fingerprint density at radius 2 is 1.78 bits per heavy atom. The number of carbonyl (C=O) groups is 2. The SMILES string of the molecule is CCS(=O)(=O)N1CC(=O)N(Cc2ccccc2OC)C(C)(C(=O)NCc2ccccc2)C1. The molecule has 2 aromatic rings. The van der Waals surface area contributed by atoms with Crippen LogP contribution >= 0.6 is 0 Å². The molecule has 1 aliphatic rings. The van der Waals surface area contributed by atoms with Gasteiger partial charge in [0.2, 0.25) is 21.8 Å². The second-order valence-corrected chi connectivity index (χ2v) is 10.2. The number of hydrogen-bond acceptors (Lipinski definition) is 5. The van der Waals surface area contributed by atoms with E-state index in [1.54, 1.807) is 13.0 Å². The third-order valence-corrected chi connectivity index (χ3v) is 7.53. The van der Waals surface area contributed by atoms with E-state index in [0.29, 0.717) is 5.75 Å². The molecule has 1 atom stereocenters. The molecule has 2 aromatic carbocycles. The van der Waals surface area contributed by atoms with Crippen molar-refractivity contribution in [3.05, 3.63) is 65.7 Å². The number of methoxy groups -OCH3 is 1. The molecule has 2 amide bonds. The van der Waals surface area contributed by atoms with E-state index in [4.69, 9.17) is 4.74 Å². The number of sulfonamides is 1. The van der Waals surface area contributed by atoms with Gasteiger partial charge in [0, 0.05) is 18.7 Å². The van der Waals surface area contributed by atoms with Crippen LogP contribution in [0, 0.1) is 0 Å². The molecule has 0 aromatic heterocycles. The molecule has 1 unspecified atom stereocenters. The Hall–Kier alpha value is -2.91. The number of nitrogens with zero attached hydrogens (tertiary/aromatic N) is 2. The first kappa shape index (κ1) is 23.7. The van der Waals surface area contributed by atoms with E-state index < -0.39 is 27.4 Å². The minimum atomic E-state index is -3.65. The van der Waals surface area contributed by atoms with Crippen LogP contribution in [-0.4, -0.2) is 60.9 Å². The van der Waals surface area contributed by atoms with Crippen molar-refractivity contribution in [2.45, 2.75) is 32.5 Å². The summed E-state index contributed by atoms with van der Waals surface area (Å²) in [5.41, 5.74) is 0.242. The van der Waals surface area contributed by atoms with E-state index in [0.717, 1.165) is 15.4 Å². The molecule has 3 rings (SSSR count). The van der Waals surface area contributed by atoms with Gasteiger partial charge in [-0.25, -0.2) is 8.42 Å². The summed E-state index contributed by atoms with van der Waals surface area (Å²) in [5, 5.41) is 2.88. The van der Waals surface area contributed by atoms with Crippen molar-refractivity contribution in [1.29, 1.82) is 0 Å². The molecule has 8 nitrogen and oxygen atoms in total. The fraction of sp³-hybridized carbons (Fsp3) is 0.391. The monoisotopic (exact) mass is 459 g/mol. The number of nitrogens with one attached hydrogen (secondary N) is 1. The maximum Gasteiger partial charge on any atom is 0.247 e. The highest BCUT2D eigenvalue weighted by molar-refractivity contribution is 7.89. The van der Waals surface area contributed by atoms with Crippen molar-refractivity contribution in [3.63, 3.8) is 0 Å². The molecule has 0 spiro atoms. The Balaban J connectivity index is 1.93. The molecule has 1 aliphatic heterocycles. The number of rotatable bonds is 8. The molecule has 1 fully saturated rings. The Morgan fingerprint density at radius 1 is 1.12 bits per heavy atom. The van der Waals surface area contributed by atoms with Gasteiger partial charge in [0.15, 0.2) is 0 Å². The van der Waals surface area contributed by atoms with Crippen LogP contribution in [0.3, 0.4) is 0 Å². The molecule has 0 bridgehead atoms. The van der Waals surface area contributed by atoms with Gasteiger partial charge in [-0.05, 0) is 25.5 Å². The highest BCUT2D eigenvalue weighted by Crippen LogP contribution is 2.29. The number of amides is 2. The van der Waals surface area contributed by atoms with Crippen LogP contribution in [0.4, 0.5) is 0 Å². The minimum Gasteiger partial charge on any atom is -0.496 e. The van der Waals surface area contributed by atoms with E-state index in [2.05, 4.69) is 5.32 Å². The topological polar surface area (TPSA) is 96.0 Å². The second-order valence-electron chi connectivity index (χ2n) is 7.90. The number of ether oxygens (including phenoxy) is 1. The van der Waals surface area contributed by atoms with Crippen molar-refractivity contribution < 1.29 is 22.7 Å². The Labute approximate surface area is 189 Å². The minimum absolute atomic E-state index is 0.120. The Kier molecular flexibility index (Phi) is 7.20. The molecular weight excluding hydrogens is 430 g/mol. The summed E-state index contributed by atoms with van der Waals surface area (Å²) in [6, 6.07) is 16.6. The van der Waals surface area contributed by atoms with Crippen molar-refractivity contribution >= 4 is 21.8 Å². The summed E-state index contributed by atoms with van der Waals surface area (Å²) in [6.07, 6.45) is 0. The van der Waals surface area contributed by atoms with E-state index in [-0.39, 0.29) is 31.9 Å². The smallest absolute Gasteiger partial charge is 0.247 e. The van der Waals surface area contributed by atoms with Crippen LogP contribution in [0.5, 0.6) is 5.75 Å².